The fraction of sp³-hybridized carbons (Fsp3) is 0.381. The molecule has 2 rings (SSSR count). The van der Waals surface area contributed by atoms with Gasteiger partial charge in [0.05, 0.1) is 4.90 Å². The van der Waals surface area contributed by atoms with Crippen LogP contribution >= 0.6 is 0 Å². The van der Waals surface area contributed by atoms with Gasteiger partial charge in [-0.25, -0.2) is 8.42 Å². The maximum Gasteiger partial charge on any atom is 0.255 e. The molecule has 0 radical (unpaired) electrons. The Balaban J connectivity index is 2.24. The van der Waals surface area contributed by atoms with Crippen molar-refractivity contribution in [1.29, 1.82) is 0 Å². The van der Waals surface area contributed by atoms with E-state index in [4.69, 9.17) is 0 Å². The molecule has 1 N–H and O–H groups in total. The van der Waals surface area contributed by atoms with Gasteiger partial charge in [0.15, 0.2) is 0 Å². The first-order valence-electron chi connectivity index (χ1n) is 9.36. The fourth-order valence-electron chi connectivity index (χ4n) is 2.95. The fourth-order valence-corrected chi connectivity index (χ4v) is 4.51. The van der Waals surface area contributed by atoms with Gasteiger partial charge in [-0.3, -0.25) is 4.79 Å². The Morgan fingerprint density at radius 2 is 1.78 bits per heavy atom. The lowest BCUT2D eigenvalue weighted by Crippen LogP contribution is -2.32. The minimum absolute atomic E-state index is 0.169. The van der Waals surface area contributed by atoms with Crippen LogP contribution in [-0.2, 0) is 10.0 Å². The van der Waals surface area contributed by atoms with E-state index in [1.165, 1.54) is 10.4 Å². The lowest BCUT2D eigenvalue weighted by Gasteiger charge is -2.20. The van der Waals surface area contributed by atoms with Crippen molar-refractivity contribution < 1.29 is 13.2 Å². The molecule has 1 heterocycles. The third kappa shape index (κ3) is 5.91. The Hall–Kier alpha value is -2.18. The summed E-state index contributed by atoms with van der Waals surface area (Å²) in [7, 11) is -3.58. The van der Waals surface area contributed by atoms with Crippen LogP contribution in [0.3, 0.4) is 0 Å². The zero-order chi connectivity index (χ0) is 19.7. The van der Waals surface area contributed by atoms with Crippen LogP contribution in [0.25, 0.3) is 0 Å². The van der Waals surface area contributed by atoms with Crippen LogP contribution in [0.4, 0.5) is 0 Å². The third-order valence-electron chi connectivity index (χ3n) is 4.37. The zero-order valence-electron chi connectivity index (χ0n) is 16.0. The molecule has 1 aliphatic heterocycles. The van der Waals surface area contributed by atoms with Crippen molar-refractivity contribution >= 4 is 15.9 Å². The first kappa shape index (κ1) is 21.1. The van der Waals surface area contributed by atoms with E-state index < -0.39 is 10.0 Å². The van der Waals surface area contributed by atoms with E-state index in [9.17, 15) is 13.2 Å². The Morgan fingerprint density at radius 1 is 1.07 bits per heavy atom. The molecule has 6 heteroatoms. The standard InChI is InChI=1S/C21H28N2O3S/c1-3-5-13-19(11-4-2)22-21(24)18-12-10-14-20(17-18)27(25,26)23-15-8-6-7-9-16-23/h3-5,10-14,17H,6-9,15-16H2,1-2H3,(H,22,24)/b5-3-,11-4-,19-13+. The van der Waals surface area contributed by atoms with Crippen LogP contribution in [0.5, 0.6) is 0 Å². The molecule has 1 aromatic rings. The number of amides is 1. The Morgan fingerprint density at radius 3 is 2.41 bits per heavy atom. The summed E-state index contributed by atoms with van der Waals surface area (Å²) in [6.45, 7) is 4.83. The molecular weight excluding hydrogens is 360 g/mol. The molecule has 0 bridgehead atoms. The molecule has 0 spiro atoms. The monoisotopic (exact) mass is 388 g/mol. The second-order valence-electron chi connectivity index (χ2n) is 6.45. The highest BCUT2D eigenvalue weighted by Gasteiger charge is 2.25. The number of allylic oxidation sites excluding steroid dienone is 5. The maximum atomic E-state index is 12.9. The van der Waals surface area contributed by atoms with E-state index in [-0.39, 0.29) is 10.8 Å². The van der Waals surface area contributed by atoms with Crippen LogP contribution in [0, 0.1) is 0 Å². The van der Waals surface area contributed by atoms with Crippen molar-refractivity contribution in [2.24, 2.45) is 0 Å². The maximum absolute atomic E-state index is 12.9. The van der Waals surface area contributed by atoms with Gasteiger partial charge < -0.3 is 5.32 Å². The lowest BCUT2D eigenvalue weighted by atomic mass is 10.2. The molecule has 0 saturated carbocycles. The summed E-state index contributed by atoms with van der Waals surface area (Å²) in [5.41, 5.74) is 0.961. The Labute approximate surface area is 162 Å². The molecule has 146 valence electrons. The van der Waals surface area contributed by atoms with Crippen molar-refractivity contribution in [2.75, 3.05) is 13.1 Å². The summed E-state index contributed by atoms with van der Waals surface area (Å²) in [6.07, 6.45) is 13.0. The van der Waals surface area contributed by atoms with Crippen molar-refractivity contribution in [3.63, 3.8) is 0 Å². The van der Waals surface area contributed by atoms with E-state index in [2.05, 4.69) is 5.32 Å². The number of nitrogens with one attached hydrogen (secondary N) is 1. The van der Waals surface area contributed by atoms with Crippen molar-refractivity contribution in [3.8, 4) is 0 Å². The smallest absolute Gasteiger partial charge is 0.255 e. The largest absolute Gasteiger partial charge is 0.322 e. The zero-order valence-corrected chi connectivity index (χ0v) is 16.8. The molecule has 27 heavy (non-hydrogen) atoms. The van der Waals surface area contributed by atoms with E-state index in [1.54, 1.807) is 30.4 Å². The molecule has 0 aromatic heterocycles. The van der Waals surface area contributed by atoms with Gasteiger partial charge in [0.1, 0.15) is 0 Å². The van der Waals surface area contributed by atoms with Crippen LogP contribution < -0.4 is 5.32 Å². The predicted molar refractivity (Wildman–Crippen MR) is 109 cm³/mol. The number of benzene rings is 1. The number of carbonyl (C=O) groups is 1. The first-order chi connectivity index (χ1) is 13.0. The molecule has 1 amide bonds. The summed E-state index contributed by atoms with van der Waals surface area (Å²) < 4.78 is 27.4. The number of rotatable bonds is 6. The first-order valence-corrected chi connectivity index (χ1v) is 10.8. The minimum atomic E-state index is -3.58. The van der Waals surface area contributed by atoms with Gasteiger partial charge in [0.2, 0.25) is 10.0 Å². The van der Waals surface area contributed by atoms with Gasteiger partial charge in [0, 0.05) is 24.4 Å². The van der Waals surface area contributed by atoms with Gasteiger partial charge in [-0.1, -0.05) is 37.1 Å². The van der Waals surface area contributed by atoms with E-state index in [1.807, 2.05) is 32.1 Å². The third-order valence-corrected chi connectivity index (χ3v) is 6.27. The molecule has 1 saturated heterocycles. The topological polar surface area (TPSA) is 66.5 Å². The van der Waals surface area contributed by atoms with Crippen LogP contribution in [0.15, 0.2) is 65.2 Å². The molecule has 0 atom stereocenters. The molecular formula is C21H28N2O3S. The van der Waals surface area contributed by atoms with Crippen molar-refractivity contribution in [1.82, 2.24) is 9.62 Å². The molecule has 0 aliphatic carbocycles. The predicted octanol–water partition coefficient (Wildman–Crippen LogP) is 4.02. The summed E-state index contributed by atoms with van der Waals surface area (Å²) >= 11 is 0. The molecule has 5 nitrogen and oxygen atoms in total. The van der Waals surface area contributed by atoms with Gasteiger partial charge in [-0.2, -0.15) is 4.31 Å². The summed E-state index contributed by atoms with van der Waals surface area (Å²) in [4.78, 5) is 12.8. The highest BCUT2D eigenvalue weighted by Crippen LogP contribution is 2.21. The average molecular weight is 389 g/mol. The van der Waals surface area contributed by atoms with E-state index >= 15 is 0 Å². The highest BCUT2D eigenvalue weighted by atomic mass is 32.2. The number of nitrogens with zero attached hydrogens (tertiary/aromatic N) is 1. The average Bonchev–Trinajstić information content (AvgIpc) is 2.96. The Bertz CT molecular complexity index is 831. The number of sulfonamides is 1. The molecule has 1 fully saturated rings. The summed E-state index contributed by atoms with van der Waals surface area (Å²) in [5.74, 6) is -0.336. The normalized spacial score (nSPS) is 17.3. The van der Waals surface area contributed by atoms with Crippen LogP contribution in [-0.4, -0.2) is 31.7 Å². The van der Waals surface area contributed by atoms with Crippen LogP contribution in [0.2, 0.25) is 0 Å². The van der Waals surface area contributed by atoms with Gasteiger partial charge >= 0.3 is 0 Å². The highest BCUT2D eigenvalue weighted by molar-refractivity contribution is 7.89. The second-order valence-corrected chi connectivity index (χ2v) is 8.39. The molecule has 1 aromatic carbocycles. The van der Waals surface area contributed by atoms with Gasteiger partial charge in [-0.05, 0) is 57.0 Å². The molecule has 1 aliphatic rings. The summed E-state index contributed by atoms with van der Waals surface area (Å²) in [6, 6.07) is 6.25. The SMILES string of the molecule is C\C=C/C=C(\C=C/C)NC(=O)c1cccc(S(=O)(=O)N2CCCCCC2)c1. The molecule has 0 unspecified atom stereocenters. The Kier molecular flexibility index (Phi) is 8.00. The minimum Gasteiger partial charge on any atom is -0.322 e. The van der Waals surface area contributed by atoms with E-state index in [0.717, 1.165) is 25.7 Å². The van der Waals surface area contributed by atoms with Crippen molar-refractivity contribution in [3.05, 3.63) is 65.9 Å². The van der Waals surface area contributed by atoms with Crippen molar-refractivity contribution in [2.45, 2.75) is 44.4 Å². The second kappa shape index (κ2) is 10.2. The quantitative estimate of drug-likeness (QED) is 0.749. The van der Waals surface area contributed by atoms with Gasteiger partial charge in [-0.15, -0.1) is 0 Å². The summed E-state index contributed by atoms with van der Waals surface area (Å²) in [5, 5.41) is 2.81. The number of hydrogen-bond acceptors (Lipinski definition) is 3. The van der Waals surface area contributed by atoms with Gasteiger partial charge in [0.25, 0.3) is 5.91 Å². The van der Waals surface area contributed by atoms with Crippen LogP contribution in [0.1, 0.15) is 49.9 Å². The number of hydrogen-bond donors (Lipinski definition) is 1. The number of carbonyl (C=O) groups excluding carboxylic acids is 1. The van der Waals surface area contributed by atoms with E-state index in [0.29, 0.717) is 24.4 Å². The lowest BCUT2D eigenvalue weighted by molar-refractivity contribution is 0.0967.